The molecule has 0 saturated heterocycles. The van der Waals surface area contributed by atoms with Crippen molar-refractivity contribution < 1.29 is 8.83 Å². The predicted molar refractivity (Wildman–Crippen MR) is 86.9 cm³/mol. The van der Waals surface area contributed by atoms with Crippen molar-refractivity contribution in [1.29, 1.82) is 0 Å². The summed E-state index contributed by atoms with van der Waals surface area (Å²) in [7, 11) is 0. The fourth-order valence-corrected chi connectivity index (χ4v) is 2.64. The van der Waals surface area contributed by atoms with E-state index in [0.717, 1.165) is 33.6 Å². The fraction of sp³-hybridized carbons (Fsp3) is 0.0556. The van der Waals surface area contributed by atoms with Gasteiger partial charge in [0.25, 0.3) is 0 Å². The first kappa shape index (κ1) is 13.2. The normalized spacial score (nSPS) is 11.2. The molecule has 0 saturated carbocycles. The van der Waals surface area contributed by atoms with E-state index in [-0.39, 0.29) is 0 Å². The molecule has 0 radical (unpaired) electrons. The molecule has 0 aliphatic heterocycles. The third kappa shape index (κ3) is 2.20. The Kier molecular flexibility index (Phi) is 3.01. The van der Waals surface area contributed by atoms with E-state index >= 15 is 0 Å². The summed E-state index contributed by atoms with van der Waals surface area (Å²) in [5.41, 5.74) is 4.55. The lowest BCUT2D eigenvalue weighted by Gasteiger charge is -2.04. The molecule has 0 bridgehead atoms. The SMILES string of the molecule is Cc1ccc(-c2nc3cc(Cl)ccc3o2)cc1-c1ccco1. The van der Waals surface area contributed by atoms with E-state index in [1.54, 1.807) is 18.4 Å². The minimum absolute atomic E-state index is 0.574. The van der Waals surface area contributed by atoms with E-state index in [4.69, 9.17) is 20.4 Å². The van der Waals surface area contributed by atoms with Gasteiger partial charge in [-0.25, -0.2) is 4.98 Å². The Balaban J connectivity index is 1.86. The van der Waals surface area contributed by atoms with Crippen LogP contribution >= 0.6 is 11.6 Å². The van der Waals surface area contributed by atoms with Crippen molar-refractivity contribution in [2.45, 2.75) is 6.92 Å². The minimum Gasteiger partial charge on any atom is -0.464 e. The number of hydrogen-bond donors (Lipinski definition) is 0. The molecule has 22 heavy (non-hydrogen) atoms. The smallest absolute Gasteiger partial charge is 0.227 e. The number of rotatable bonds is 2. The lowest BCUT2D eigenvalue weighted by molar-refractivity contribution is 0.582. The third-order valence-corrected chi connectivity index (χ3v) is 3.86. The van der Waals surface area contributed by atoms with Crippen molar-refractivity contribution in [2.75, 3.05) is 0 Å². The van der Waals surface area contributed by atoms with Crippen LogP contribution in [-0.2, 0) is 0 Å². The van der Waals surface area contributed by atoms with Crippen LogP contribution in [0.3, 0.4) is 0 Å². The van der Waals surface area contributed by atoms with Crippen molar-refractivity contribution in [2.24, 2.45) is 0 Å². The summed E-state index contributed by atoms with van der Waals surface area (Å²) in [6.45, 7) is 2.05. The number of fused-ring (bicyclic) bond motifs is 1. The van der Waals surface area contributed by atoms with Crippen LogP contribution in [0.2, 0.25) is 5.02 Å². The van der Waals surface area contributed by atoms with E-state index in [1.165, 1.54) is 0 Å². The first-order valence-corrected chi connectivity index (χ1v) is 7.29. The molecule has 2 heterocycles. The molecule has 108 valence electrons. The quantitative estimate of drug-likeness (QED) is 0.475. The average Bonchev–Trinajstić information content (AvgIpc) is 3.16. The predicted octanol–water partition coefficient (Wildman–Crippen LogP) is 5.72. The van der Waals surface area contributed by atoms with Gasteiger partial charge >= 0.3 is 0 Å². The summed E-state index contributed by atoms with van der Waals surface area (Å²) in [5, 5.41) is 0.646. The molecule has 3 nitrogen and oxygen atoms in total. The number of oxazole rings is 1. The fourth-order valence-electron chi connectivity index (χ4n) is 2.48. The zero-order chi connectivity index (χ0) is 15.1. The molecule has 0 N–H and O–H groups in total. The van der Waals surface area contributed by atoms with Crippen LogP contribution in [0.15, 0.2) is 63.6 Å². The number of nitrogens with zero attached hydrogens (tertiary/aromatic N) is 1. The Bertz CT molecular complexity index is 955. The van der Waals surface area contributed by atoms with Crippen LogP contribution in [0.5, 0.6) is 0 Å². The van der Waals surface area contributed by atoms with E-state index in [2.05, 4.69) is 4.98 Å². The zero-order valence-corrected chi connectivity index (χ0v) is 12.6. The number of halogens is 1. The standard InChI is InChI=1S/C18H12ClNO2/c1-11-4-5-12(9-14(11)16-3-2-8-21-16)18-20-15-10-13(19)6-7-17(15)22-18/h2-10H,1H3. The van der Waals surface area contributed by atoms with Gasteiger partial charge in [-0.2, -0.15) is 0 Å². The van der Waals surface area contributed by atoms with Gasteiger partial charge in [-0.15, -0.1) is 0 Å². The second-order valence-electron chi connectivity index (χ2n) is 5.14. The molecule has 2 aromatic heterocycles. The van der Waals surface area contributed by atoms with Crippen LogP contribution < -0.4 is 0 Å². The van der Waals surface area contributed by atoms with Crippen LogP contribution in [0.4, 0.5) is 0 Å². The zero-order valence-electron chi connectivity index (χ0n) is 11.8. The van der Waals surface area contributed by atoms with E-state index < -0.39 is 0 Å². The van der Waals surface area contributed by atoms with Crippen LogP contribution in [-0.4, -0.2) is 4.98 Å². The van der Waals surface area contributed by atoms with Crippen LogP contribution in [0.25, 0.3) is 33.9 Å². The van der Waals surface area contributed by atoms with Crippen molar-refractivity contribution in [3.05, 3.63) is 65.4 Å². The van der Waals surface area contributed by atoms with Gasteiger partial charge < -0.3 is 8.83 Å². The van der Waals surface area contributed by atoms with Gasteiger partial charge in [0.05, 0.1) is 6.26 Å². The highest BCUT2D eigenvalue weighted by atomic mass is 35.5. The van der Waals surface area contributed by atoms with Crippen LogP contribution in [0, 0.1) is 6.92 Å². The molecule has 4 aromatic rings. The van der Waals surface area contributed by atoms with Gasteiger partial charge in [0, 0.05) is 16.1 Å². The summed E-state index contributed by atoms with van der Waals surface area (Å²) in [4.78, 5) is 4.51. The Morgan fingerprint density at radius 2 is 1.95 bits per heavy atom. The van der Waals surface area contributed by atoms with Crippen molar-refractivity contribution >= 4 is 22.7 Å². The Hall–Kier alpha value is -2.52. The van der Waals surface area contributed by atoms with Crippen molar-refractivity contribution in [1.82, 2.24) is 4.98 Å². The molecular weight excluding hydrogens is 298 g/mol. The molecule has 0 amide bonds. The monoisotopic (exact) mass is 309 g/mol. The molecule has 4 heteroatoms. The number of furan rings is 1. The Morgan fingerprint density at radius 3 is 2.77 bits per heavy atom. The first-order chi connectivity index (χ1) is 10.7. The lowest BCUT2D eigenvalue weighted by atomic mass is 10.0. The molecule has 2 aromatic carbocycles. The molecule has 4 rings (SSSR count). The van der Waals surface area contributed by atoms with E-state index in [0.29, 0.717) is 10.9 Å². The topological polar surface area (TPSA) is 39.2 Å². The number of benzene rings is 2. The summed E-state index contributed by atoms with van der Waals surface area (Å²) < 4.78 is 11.3. The maximum Gasteiger partial charge on any atom is 0.227 e. The average molecular weight is 310 g/mol. The van der Waals surface area contributed by atoms with Crippen molar-refractivity contribution in [3.63, 3.8) is 0 Å². The highest BCUT2D eigenvalue weighted by Crippen LogP contribution is 2.31. The van der Waals surface area contributed by atoms with E-state index in [9.17, 15) is 0 Å². The highest BCUT2D eigenvalue weighted by Gasteiger charge is 2.12. The van der Waals surface area contributed by atoms with Gasteiger partial charge in [0.2, 0.25) is 5.89 Å². The molecule has 0 aliphatic carbocycles. The number of aryl methyl sites for hydroxylation is 1. The lowest BCUT2D eigenvalue weighted by Crippen LogP contribution is -1.84. The molecule has 0 unspecified atom stereocenters. The van der Waals surface area contributed by atoms with Gasteiger partial charge in [0.15, 0.2) is 5.58 Å². The van der Waals surface area contributed by atoms with Gasteiger partial charge in [-0.3, -0.25) is 0 Å². The minimum atomic E-state index is 0.574. The van der Waals surface area contributed by atoms with Gasteiger partial charge in [-0.05, 0) is 55.0 Å². The maximum atomic E-state index is 5.99. The second-order valence-corrected chi connectivity index (χ2v) is 5.57. The Morgan fingerprint density at radius 1 is 1.05 bits per heavy atom. The van der Waals surface area contributed by atoms with Gasteiger partial charge in [-0.1, -0.05) is 17.7 Å². The van der Waals surface area contributed by atoms with Crippen molar-refractivity contribution in [3.8, 4) is 22.8 Å². The number of hydrogen-bond acceptors (Lipinski definition) is 3. The highest BCUT2D eigenvalue weighted by molar-refractivity contribution is 6.31. The van der Waals surface area contributed by atoms with E-state index in [1.807, 2.05) is 43.3 Å². The molecule has 0 fully saturated rings. The summed E-state index contributed by atoms with van der Waals surface area (Å²) in [5.74, 6) is 1.41. The summed E-state index contributed by atoms with van der Waals surface area (Å²) in [6.07, 6.45) is 1.67. The first-order valence-electron chi connectivity index (χ1n) is 6.92. The summed E-state index contributed by atoms with van der Waals surface area (Å²) >= 11 is 5.99. The molecule has 0 atom stereocenters. The van der Waals surface area contributed by atoms with Crippen LogP contribution in [0.1, 0.15) is 5.56 Å². The Labute approximate surface area is 132 Å². The number of aromatic nitrogens is 1. The second kappa shape index (κ2) is 5.04. The molecule has 0 aliphatic rings. The largest absolute Gasteiger partial charge is 0.464 e. The third-order valence-electron chi connectivity index (χ3n) is 3.62. The van der Waals surface area contributed by atoms with Gasteiger partial charge in [0.1, 0.15) is 11.3 Å². The maximum absolute atomic E-state index is 5.99. The molecular formula is C18H12ClNO2. The molecule has 0 spiro atoms. The summed E-state index contributed by atoms with van der Waals surface area (Å²) in [6, 6.07) is 15.3.